The summed E-state index contributed by atoms with van der Waals surface area (Å²) in [7, 11) is 0. The highest BCUT2D eigenvalue weighted by atomic mass is 35.5. The van der Waals surface area contributed by atoms with E-state index in [1.54, 1.807) is 12.1 Å². The first kappa shape index (κ1) is 21.1. The Balaban J connectivity index is 0.00000261. The second-order valence-corrected chi connectivity index (χ2v) is 6.48. The molecule has 0 spiro atoms. The lowest BCUT2D eigenvalue weighted by Crippen LogP contribution is -2.39. The van der Waals surface area contributed by atoms with Crippen LogP contribution in [0.25, 0.3) is 0 Å². The van der Waals surface area contributed by atoms with Crippen molar-refractivity contribution in [3.63, 3.8) is 0 Å². The van der Waals surface area contributed by atoms with E-state index in [-0.39, 0.29) is 24.4 Å². The second kappa shape index (κ2) is 10.2. The van der Waals surface area contributed by atoms with E-state index in [0.717, 1.165) is 19.3 Å². The summed E-state index contributed by atoms with van der Waals surface area (Å²) in [5.41, 5.74) is 6.34. The zero-order valence-electron chi connectivity index (χ0n) is 15.5. The van der Waals surface area contributed by atoms with Crippen molar-refractivity contribution in [2.75, 3.05) is 13.2 Å². The molecule has 1 fully saturated rings. The molecule has 27 heavy (non-hydrogen) atoms. The summed E-state index contributed by atoms with van der Waals surface area (Å²) in [6.07, 6.45) is 3.15. The third-order valence-electron chi connectivity index (χ3n) is 4.78. The molecule has 6 heteroatoms. The molecule has 0 saturated heterocycles. The Hall–Kier alpha value is -2.24. The van der Waals surface area contributed by atoms with Gasteiger partial charge in [0.15, 0.2) is 11.5 Å². The number of halogens is 1. The highest BCUT2D eigenvalue weighted by molar-refractivity contribution is 5.97. The number of benzene rings is 2. The van der Waals surface area contributed by atoms with Gasteiger partial charge in [0, 0.05) is 6.04 Å². The summed E-state index contributed by atoms with van der Waals surface area (Å²) in [5, 5.41) is 3.13. The van der Waals surface area contributed by atoms with E-state index in [4.69, 9.17) is 15.2 Å². The molecule has 1 amide bonds. The summed E-state index contributed by atoms with van der Waals surface area (Å²) in [6, 6.07) is 14.9. The number of rotatable bonds is 7. The van der Waals surface area contributed by atoms with Crippen LogP contribution in [0.15, 0.2) is 48.5 Å². The summed E-state index contributed by atoms with van der Waals surface area (Å²) >= 11 is 0. The van der Waals surface area contributed by atoms with Gasteiger partial charge in [0.1, 0.15) is 5.75 Å². The van der Waals surface area contributed by atoms with E-state index < -0.39 is 0 Å². The van der Waals surface area contributed by atoms with Crippen LogP contribution >= 0.6 is 12.4 Å². The lowest BCUT2D eigenvalue weighted by Gasteiger charge is -2.20. The van der Waals surface area contributed by atoms with Crippen molar-refractivity contribution < 1.29 is 14.3 Å². The molecule has 2 unspecified atom stereocenters. The molecule has 2 aromatic rings. The average Bonchev–Trinajstić information content (AvgIpc) is 3.11. The van der Waals surface area contributed by atoms with Crippen LogP contribution in [-0.4, -0.2) is 25.1 Å². The standard InChI is InChI=1S/C21H26N2O3.ClH/c1-2-25-19-12-5-6-13-20(19)26-18-11-4-3-9-16(18)21(24)23-17-10-7-8-15(17)14-22;/h3-6,9,11-13,15,17H,2,7-8,10,14,22H2,1H3,(H,23,24);1H. The highest BCUT2D eigenvalue weighted by Gasteiger charge is 2.28. The maximum atomic E-state index is 12.8. The quantitative estimate of drug-likeness (QED) is 0.744. The zero-order chi connectivity index (χ0) is 18.4. The van der Waals surface area contributed by atoms with E-state index in [9.17, 15) is 4.79 Å². The van der Waals surface area contributed by atoms with E-state index in [0.29, 0.717) is 41.9 Å². The lowest BCUT2D eigenvalue weighted by molar-refractivity contribution is 0.0926. The molecule has 0 aromatic heterocycles. The van der Waals surface area contributed by atoms with Crippen LogP contribution in [-0.2, 0) is 0 Å². The third-order valence-corrected chi connectivity index (χ3v) is 4.78. The van der Waals surface area contributed by atoms with Crippen LogP contribution in [0.2, 0.25) is 0 Å². The number of carbonyl (C=O) groups excluding carboxylic acids is 1. The molecule has 2 aromatic carbocycles. The SMILES string of the molecule is CCOc1ccccc1Oc1ccccc1C(=O)NC1CCCC1CN.Cl. The van der Waals surface area contributed by atoms with Gasteiger partial charge in [0.05, 0.1) is 12.2 Å². The normalized spacial score (nSPS) is 18.4. The second-order valence-electron chi connectivity index (χ2n) is 6.48. The predicted octanol–water partition coefficient (Wildman–Crippen LogP) is 4.16. The molecule has 1 aliphatic rings. The lowest BCUT2D eigenvalue weighted by atomic mass is 10.0. The zero-order valence-corrected chi connectivity index (χ0v) is 16.3. The maximum Gasteiger partial charge on any atom is 0.255 e. The van der Waals surface area contributed by atoms with Crippen LogP contribution in [0, 0.1) is 5.92 Å². The van der Waals surface area contributed by atoms with Crippen molar-refractivity contribution in [1.82, 2.24) is 5.32 Å². The number of para-hydroxylation sites is 3. The molecule has 5 nitrogen and oxygen atoms in total. The molecule has 0 aliphatic heterocycles. The van der Waals surface area contributed by atoms with E-state index in [1.807, 2.05) is 43.3 Å². The first-order chi connectivity index (χ1) is 12.7. The van der Waals surface area contributed by atoms with Gasteiger partial charge < -0.3 is 20.5 Å². The monoisotopic (exact) mass is 390 g/mol. The average molecular weight is 391 g/mol. The predicted molar refractivity (Wildman–Crippen MR) is 109 cm³/mol. The molecular weight excluding hydrogens is 364 g/mol. The number of nitrogens with one attached hydrogen (secondary N) is 1. The molecule has 0 radical (unpaired) electrons. The van der Waals surface area contributed by atoms with Crippen molar-refractivity contribution in [3.8, 4) is 17.2 Å². The van der Waals surface area contributed by atoms with Gasteiger partial charge in [-0.3, -0.25) is 4.79 Å². The molecule has 146 valence electrons. The molecule has 1 saturated carbocycles. The summed E-state index contributed by atoms with van der Waals surface area (Å²) in [5.74, 6) is 1.99. The van der Waals surface area contributed by atoms with Crippen molar-refractivity contribution in [1.29, 1.82) is 0 Å². The Kier molecular flexibility index (Phi) is 7.95. The number of nitrogens with two attached hydrogens (primary N) is 1. The molecule has 2 atom stereocenters. The summed E-state index contributed by atoms with van der Waals surface area (Å²) in [6.45, 7) is 3.07. The smallest absolute Gasteiger partial charge is 0.255 e. The van der Waals surface area contributed by atoms with Crippen LogP contribution in [0.4, 0.5) is 0 Å². The maximum absolute atomic E-state index is 12.8. The molecule has 0 heterocycles. The van der Waals surface area contributed by atoms with Crippen LogP contribution in [0.5, 0.6) is 17.2 Å². The first-order valence-corrected chi connectivity index (χ1v) is 9.22. The van der Waals surface area contributed by atoms with Gasteiger partial charge in [-0.2, -0.15) is 0 Å². The third kappa shape index (κ3) is 5.15. The molecular formula is C21H27ClN2O3. The first-order valence-electron chi connectivity index (χ1n) is 9.22. The number of hydrogen-bond acceptors (Lipinski definition) is 4. The minimum atomic E-state index is -0.125. The summed E-state index contributed by atoms with van der Waals surface area (Å²) in [4.78, 5) is 12.8. The Morgan fingerprint density at radius 3 is 2.44 bits per heavy atom. The van der Waals surface area contributed by atoms with Gasteiger partial charge in [-0.1, -0.05) is 30.7 Å². The number of amides is 1. The Bertz CT molecular complexity index is 754. The van der Waals surface area contributed by atoms with Gasteiger partial charge in [-0.15, -0.1) is 12.4 Å². The van der Waals surface area contributed by atoms with Crippen LogP contribution in [0.3, 0.4) is 0 Å². The molecule has 0 bridgehead atoms. The Morgan fingerprint density at radius 1 is 1.07 bits per heavy atom. The Morgan fingerprint density at radius 2 is 1.74 bits per heavy atom. The molecule has 3 N–H and O–H groups in total. The van der Waals surface area contributed by atoms with Crippen molar-refractivity contribution in [3.05, 3.63) is 54.1 Å². The van der Waals surface area contributed by atoms with E-state index in [2.05, 4.69) is 5.32 Å². The van der Waals surface area contributed by atoms with E-state index >= 15 is 0 Å². The van der Waals surface area contributed by atoms with Crippen molar-refractivity contribution in [2.45, 2.75) is 32.2 Å². The number of hydrogen-bond donors (Lipinski definition) is 2. The number of carbonyl (C=O) groups is 1. The van der Waals surface area contributed by atoms with Crippen molar-refractivity contribution in [2.24, 2.45) is 11.7 Å². The van der Waals surface area contributed by atoms with Gasteiger partial charge in [0.25, 0.3) is 5.91 Å². The fourth-order valence-corrected chi connectivity index (χ4v) is 3.43. The minimum Gasteiger partial charge on any atom is -0.490 e. The minimum absolute atomic E-state index is 0. The fraction of sp³-hybridized carbons (Fsp3) is 0.381. The van der Waals surface area contributed by atoms with Gasteiger partial charge in [-0.25, -0.2) is 0 Å². The highest BCUT2D eigenvalue weighted by Crippen LogP contribution is 2.33. The van der Waals surface area contributed by atoms with Gasteiger partial charge in [-0.05, 0) is 56.5 Å². The largest absolute Gasteiger partial charge is 0.490 e. The van der Waals surface area contributed by atoms with Crippen LogP contribution in [0.1, 0.15) is 36.5 Å². The van der Waals surface area contributed by atoms with Crippen LogP contribution < -0.4 is 20.5 Å². The number of ether oxygens (including phenoxy) is 2. The fourth-order valence-electron chi connectivity index (χ4n) is 3.43. The Labute approximate surface area is 166 Å². The topological polar surface area (TPSA) is 73.6 Å². The van der Waals surface area contributed by atoms with Gasteiger partial charge >= 0.3 is 0 Å². The molecule has 3 rings (SSSR count). The summed E-state index contributed by atoms with van der Waals surface area (Å²) < 4.78 is 11.6. The van der Waals surface area contributed by atoms with Crippen molar-refractivity contribution >= 4 is 18.3 Å². The van der Waals surface area contributed by atoms with Gasteiger partial charge in [0.2, 0.25) is 0 Å². The van der Waals surface area contributed by atoms with E-state index in [1.165, 1.54) is 0 Å². The molecule has 1 aliphatic carbocycles.